The van der Waals surface area contributed by atoms with E-state index in [1.54, 1.807) is 6.07 Å². The lowest BCUT2D eigenvalue weighted by Crippen LogP contribution is -2.35. The van der Waals surface area contributed by atoms with Gasteiger partial charge in [-0.3, -0.25) is 4.79 Å². The van der Waals surface area contributed by atoms with Crippen molar-refractivity contribution in [3.8, 4) is 0 Å². The molecule has 6 heteroatoms. The molecule has 0 saturated carbocycles. The van der Waals surface area contributed by atoms with Crippen LogP contribution in [0.25, 0.3) is 0 Å². The van der Waals surface area contributed by atoms with Crippen molar-refractivity contribution >= 4 is 41.5 Å². The first kappa shape index (κ1) is 21.6. The van der Waals surface area contributed by atoms with E-state index in [-0.39, 0.29) is 18.3 Å². The van der Waals surface area contributed by atoms with Crippen LogP contribution in [0.5, 0.6) is 0 Å². The van der Waals surface area contributed by atoms with Crippen LogP contribution in [0, 0.1) is 11.8 Å². The predicted molar refractivity (Wildman–Crippen MR) is 104 cm³/mol. The van der Waals surface area contributed by atoms with Gasteiger partial charge in [0, 0.05) is 19.5 Å². The smallest absolute Gasteiger partial charge is 0.223 e. The van der Waals surface area contributed by atoms with E-state index in [0.717, 1.165) is 18.7 Å². The summed E-state index contributed by atoms with van der Waals surface area (Å²) in [4.78, 5) is 14.5. The lowest BCUT2D eigenvalue weighted by atomic mass is 9.84. The van der Waals surface area contributed by atoms with Gasteiger partial charge in [-0.15, -0.1) is 12.4 Å². The summed E-state index contributed by atoms with van der Waals surface area (Å²) in [6.45, 7) is 7.67. The molecular weight excluding hydrogens is 367 g/mol. The highest BCUT2D eigenvalue weighted by Crippen LogP contribution is 2.26. The summed E-state index contributed by atoms with van der Waals surface area (Å²) in [5, 5.41) is 4.46. The van der Waals surface area contributed by atoms with Crippen LogP contribution in [0.15, 0.2) is 18.2 Å². The molecule has 1 aromatic carbocycles. The average Bonchev–Trinajstić information content (AvgIpc) is 2.56. The maximum Gasteiger partial charge on any atom is 0.223 e. The fraction of sp³-hybridized carbons (Fsp3) is 0.611. The van der Waals surface area contributed by atoms with Crippen molar-refractivity contribution < 1.29 is 4.79 Å². The molecule has 0 aliphatic carbocycles. The zero-order valence-electron chi connectivity index (χ0n) is 14.4. The lowest BCUT2D eigenvalue weighted by molar-refractivity contribution is -0.133. The second kappa shape index (κ2) is 10.5. The number of nitrogens with zero attached hydrogens (tertiary/aromatic N) is 1. The number of carbonyl (C=O) groups excluding carboxylic acids is 1. The van der Waals surface area contributed by atoms with Crippen molar-refractivity contribution in [3.05, 3.63) is 33.8 Å². The molecule has 1 unspecified atom stereocenters. The first-order valence-electron chi connectivity index (χ1n) is 8.43. The minimum Gasteiger partial charge on any atom is -0.339 e. The highest BCUT2D eigenvalue weighted by Gasteiger charge is 2.24. The SMILES string of the molecule is CCN(Cc1ccc(Cl)c(Cl)c1)C(=O)CC(C)C1CCNCC1.Cl. The quantitative estimate of drug-likeness (QED) is 0.753. The Morgan fingerprint density at radius 1 is 1.29 bits per heavy atom. The van der Waals surface area contributed by atoms with E-state index in [1.807, 2.05) is 24.0 Å². The van der Waals surface area contributed by atoms with E-state index < -0.39 is 0 Å². The standard InChI is InChI=1S/C18H26Cl2N2O.ClH/c1-3-22(12-14-4-5-16(19)17(20)11-14)18(23)10-13(2)15-6-8-21-9-7-15;/h4-5,11,13,15,21H,3,6-10,12H2,1-2H3;1H. The molecule has 1 atom stereocenters. The normalized spacial score (nSPS) is 16.3. The molecule has 0 bridgehead atoms. The van der Waals surface area contributed by atoms with Crippen molar-refractivity contribution in [1.82, 2.24) is 10.2 Å². The summed E-state index contributed by atoms with van der Waals surface area (Å²) in [5.41, 5.74) is 1.02. The second-order valence-electron chi connectivity index (χ2n) is 6.43. The largest absolute Gasteiger partial charge is 0.339 e. The Kier molecular flexibility index (Phi) is 9.43. The number of piperidine rings is 1. The van der Waals surface area contributed by atoms with E-state index >= 15 is 0 Å². The third-order valence-electron chi connectivity index (χ3n) is 4.78. The molecule has 1 N–H and O–H groups in total. The van der Waals surface area contributed by atoms with E-state index in [1.165, 1.54) is 12.8 Å². The molecule has 1 saturated heterocycles. The molecule has 1 aliphatic rings. The van der Waals surface area contributed by atoms with Gasteiger partial charge in [0.2, 0.25) is 5.91 Å². The van der Waals surface area contributed by atoms with Crippen LogP contribution in [0.4, 0.5) is 0 Å². The zero-order chi connectivity index (χ0) is 16.8. The molecule has 0 spiro atoms. The van der Waals surface area contributed by atoms with Crippen molar-refractivity contribution in [1.29, 1.82) is 0 Å². The Labute approximate surface area is 161 Å². The van der Waals surface area contributed by atoms with Gasteiger partial charge in [-0.05, 0) is 62.4 Å². The first-order chi connectivity index (χ1) is 11.0. The molecule has 24 heavy (non-hydrogen) atoms. The molecule has 1 amide bonds. The number of benzene rings is 1. The van der Waals surface area contributed by atoms with Gasteiger partial charge in [-0.1, -0.05) is 36.2 Å². The molecule has 3 nitrogen and oxygen atoms in total. The van der Waals surface area contributed by atoms with Gasteiger partial charge < -0.3 is 10.2 Å². The number of nitrogens with one attached hydrogen (secondary N) is 1. The molecule has 1 heterocycles. The fourth-order valence-corrected chi connectivity index (χ4v) is 3.54. The molecular formula is C18H27Cl3N2O. The number of carbonyl (C=O) groups is 1. The minimum atomic E-state index is 0. The lowest BCUT2D eigenvalue weighted by Gasteiger charge is -2.30. The number of rotatable bonds is 6. The Balaban J connectivity index is 0.00000288. The van der Waals surface area contributed by atoms with Gasteiger partial charge in [0.1, 0.15) is 0 Å². The van der Waals surface area contributed by atoms with Gasteiger partial charge in [-0.2, -0.15) is 0 Å². The van der Waals surface area contributed by atoms with Crippen molar-refractivity contribution in [2.75, 3.05) is 19.6 Å². The summed E-state index contributed by atoms with van der Waals surface area (Å²) in [6.07, 6.45) is 2.97. The predicted octanol–water partition coefficient (Wildman–Crippen LogP) is 4.79. The van der Waals surface area contributed by atoms with E-state index in [9.17, 15) is 4.79 Å². The number of hydrogen-bond acceptors (Lipinski definition) is 2. The maximum atomic E-state index is 12.6. The Morgan fingerprint density at radius 2 is 1.96 bits per heavy atom. The summed E-state index contributed by atoms with van der Waals surface area (Å²) >= 11 is 12.0. The molecule has 2 rings (SSSR count). The summed E-state index contributed by atoms with van der Waals surface area (Å²) in [7, 11) is 0. The molecule has 1 aromatic rings. The van der Waals surface area contributed by atoms with Gasteiger partial charge in [0.15, 0.2) is 0 Å². The topological polar surface area (TPSA) is 32.3 Å². The molecule has 136 valence electrons. The van der Waals surface area contributed by atoms with Crippen molar-refractivity contribution in [3.63, 3.8) is 0 Å². The third-order valence-corrected chi connectivity index (χ3v) is 5.52. The number of halogens is 3. The zero-order valence-corrected chi connectivity index (χ0v) is 16.7. The highest BCUT2D eigenvalue weighted by molar-refractivity contribution is 6.42. The Bertz CT molecular complexity index is 533. The van der Waals surface area contributed by atoms with Crippen LogP contribution in [-0.4, -0.2) is 30.4 Å². The van der Waals surface area contributed by atoms with Crippen LogP contribution in [0.1, 0.15) is 38.7 Å². The second-order valence-corrected chi connectivity index (χ2v) is 7.24. The van der Waals surface area contributed by atoms with E-state index in [4.69, 9.17) is 23.2 Å². The molecule has 1 aliphatic heterocycles. The number of hydrogen-bond donors (Lipinski definition) is 1. The fourth-order valence-electron chi connectivity index (χ4n) is 3.22. The summed E-state index contributed by atoms with van der Waals surface area (Å²) in [6, 6.07) is 5.56. The van der Waals surface area contributed by atoms with Crippen molar-refractivity contribution in [2.24, 2.45) is 11.8 Å². The van der Waals surface area contributed by atoms with Gasteiger partial charge in [0.25, 0.3) is 0 Å². The molecule has 1 fully saturated rings. The van der Waals surface area contributed by atoms with Crippen LogP contribution < -0.4 is 5.32 Å². The van der Waals surface area contributed by atoms with E-state index in [2.05, 4.69) is 12.2 Å². The van der Waals surface area contributed by atoms with Crippen LogP contribution in [0.3, 0.4) is 0 Å². The number of amides is 1. The summed E-state index contributed by atoms with van der Waals surface area (Å²) in [5.74, 6) is 1.32. The first-order valence-corrected chi connectivity index (χ1v) is 9.19. The van der Waals surface area contributed by atoms with Gasteiger partial charge in [-0.25, -0.2) is 0 Å². The van der Waals surface area contributed by atoms with Crippen LogP contribution in [-0.2, 0) is 11.3 Å². The molecule has 0 radical (unpaired) electrons. The third kappa shape index (κ3) is 6.11. The van der Waals surface area contributed by atoms with Crippen LogP contribution in [0.2, 0.25) is 10.0 Å². The average molecular weight is 394 g/mol. The molecule has 0 aromatic heterocycles. The highest BCUT2D eigenvalue weighted by atomic mass is 35.5. The van der Waals surface area contributed by atoms with E-state index in [0.29, 0.717) is 41.4 Å². The van der Waals surface area contributed by atoms with Gasteiger partial charge >= 0.3 is 0 Å². The van der Waals surface area contributed by atoms with Gasteiger partial charge in [0.05, 0.1) is 10.0 Å². The maximum absolute atomic E-state index is 12.6. The van der Waals surface area contributed by atoms with Crippen molar-refractivity contribution in [2.45, 2.75) is 39.7 Å². The monoisotopic (exact) mass is 392 g/mol. The summed E-state index contributed by atoms with van der Waals surface area (Å²) < 4.78 is 0. The Hall–Kier alpha value is -0.480. The Morgan fingerprint density at radius 3 is 2.54 bits per heavy atom. The minimum absolute atomic E-state index is 0. The van der Waals surface area contributed by atoms with Crippen LogP contribution >= 0.6 is 35.6 Å².